The van der Waals surface area contributed by atoms with Crippen molar-refractivity contribution in [3.63, 3.8) is 0 Å². The third-order valence-electron chi connectivity index (χ3n) is 5.48. The first-order valence-corrected chi connectivity index (χ1v) is 11.6. The second-order valence-electron chi connectivity index (χ2n) is 7.37. The van der Waals surface area contributed by atoms with Crippen molar-refractivity contribution in [3.8, 4) is 0 Å². The number of aromatic nitrogens is 1. The zero-order valence-corrected chi connectivity index (χ0v) is 17.9. The van der Waals surface area contributed by atoms with Gasteiger partial charge in [-0.15, -0.1) is 0 Å². The number of pyridine rings is 1. The molecule has 4 rings (SSSR count). The van der Waals surface area contributed by atoms with Gasteiger partial charge in [0.25, 0.3) is 5.91 Å². The Labute approximate surface area is 180 Å². The third kappa shape index (κ3) is 4.14. The van der Waals surface area contributed by atoms with E-state index >= 15 is 0 Å². The van der Waals surface area contributed by atoms with E-state index in [1.165, 1.54) is 22.6 Å². The number of benzene rings is 1. The first kappa shape index (κ1) is 21.0. The molecule has 2 aromatic rings. The van der Waals surface area contributed by atoms with E-state index in [4.69, 9.17) is 11.6 Å². The lowest BCUT2D eigenvalue weighted by atomic mass is 10.1. The minimum atomic E-state index is -3.48. The van der Waals surface area contributed by atoms with E-state index in [9.17, 15) is 17.6 Å². The molecule has 3 heterocycles. The van der Waals surface area contributed by atoms with Gasteiger partial charge in [0.1, 0.15) is 16.5 Å². The number of sulfonamides is 1. The largest absolute Gasteiger partial charge is 0.353 e. The number of halogens is 2. The second kappa shape index (κ2) is 8.49. The summed E-state index contributed by atoms with van der Waals surface area (Å²) >= 11 is 6.01. The number of carbonyl (C=O) groups excluding carboxylic acids is 1. The molecule has 1 amide bonds. The molecule has 0 saturated carbocycles. The average molecular weight is 453 g/mol. The van der Waals surface area contributed by atoms with Gasteiger partial charge in [-0.1, -0.05) is 11.6 Å². The molecule has 2 aliphatic rings. The average Bonchev–Trinajstić information content (AvgIpc) is 3.29. The molecule has 30 heavy (non-hydrogen) atoms. The number of rotatable bonds is 4. The Balaban J connectivity index is 1.40. The van der Waals surface area contributed by atoms with Crippen molar-refractivity contribution >= 4 is 33.3 Å². The predicted octanol–water partition coefficient (Wildman–Crippen LogP) is 2.62. The van der Waals surface area contributed by atoms with Crippen LogP contribution in [0.15, 0.2) is 41.4 Å². The molecule has 2 fully saturated rings. The molecule has 2 aliphatic heterocycles. The summed E-state index contributed by atoms with van der Waals surface area (Å²) in [6, 6.07) is 7.04. The molecule has 0 radical (unpaired) electrons. The summed E-state index contributed by atoms with van der Waals surface area (Å²) in [5, 5.41) is 0.0962. The van der Waals surface area contributed by atoms with Gasteiger partial charge in [0, 0.05) is 45.5 Å². The van der Waals surface area contributed by atoms with Crippen molar-refractivity contribution in [1.29, 1.82) is 0 Å². The lowest BCUT2D eigenvalue weighted by Crippen LogP contribution is -2.49. The van der Waals surface area contributed by atoms with Crippen molar-refractivity contribution in [2.24, 2.45) is 0 Å². The van der Waals surface area contributed by atoms with Gasteiger partial charge >= 0.3 is 0 Å². The molecule has 2 saturated heterocycles. The Morgan fingerprint density at radius 2 is 1.70 bits per heavy atom. The van der Waals surface area contributed by atoms with Gasteiger partial charge in [-0.25, -0.2) is 17.8 Å². The first-order valence-electron chi connectivity index (χ1n) is 9.82. The van der Waals surface area contributed by atoms with Crippen molar-refractivity contribution in [3.05, 3.63) is 52.9 Å². The quantitative estimate of drug-likeness (QED) is 0.713. The summed E-state index contributed by atoms with van der Waals surface area (Å²) in [5.41, 5.74) is 0.279. The van der Waals surface area contributed by atoms with E-state index in [1.54, 1.807) is 17.0 Å². The molecule has 0 aliphatic carbocycles. The Morgan fingerprint density at radius 3 is 2.30 bits per heavy atom. The summed E-state index contributed by atoms with van der Waals surface area (Å²) in [6.45, 7) is 3.13. The van der Waals surface area contributed by atoms with Crippen LogP contribution in [0.25, 0.3) is 0 Å². The van der Waals surface area contributed by atoms with Crippen LogP contribution < -0.4 is 4.90 Å². The minimum Gasteiger partial charge on any atom is -0.353 e. The number of hydrogen-bond donors (Lipinski definition) is 0. The monoisotopic (exact) mass is 452 g/mol. The highest BCUT2D eigenvalue weighted by Gasteiger charge is 2.28. The molecule has 0 spiro atoms. The molecule has 7 nitrogen and oxygen atoms in total. The van der Waals surface area contributed by atoms with E-state index in [-0.39, 0.29) is 21.4 Å². The molecular formula is C20H22ClFN4O3S. The fourth-order valence-corrected chi connectivity index (χ4v) is 5.47. The number of carbonyl (C=O) groups is 1. The molecule has 10 heteroatoms. The van der Waals surface area contributed by atoms with E-state index in [0.29, 0.717) is 45.1 Å². The summed E-state index contributed by atoms with van der Waals surface area (Å²) in [7, 11) is -3.48. The maximum Gasteiger partial charge on any atom is 0.255 e. The van der Waals surface area contributed by atoms with Gasteiger partial charge < -0.3 is 9.80 Å². The first-order chi connectivity index (χ1) is 14.4. The van der Waals surface area contributed by atoms with E-state index in [2.05, 4.69) is 4.98 Å². The molecule has 0 N–H and O–H groups in total. The minimum absolute atomic E-state index is 0.0962. The van der Waals surface area contributed by atoms with Crippen LogP contribution in [0.1, 0.15) is 23.2 Å². The van der Waals surface area contributed by atoms with Crippen LogP contribution in [0.3, 0.4) is 0 Å². The van der Waals surface area contributed by atoms with Crippen LogP contribution in [0, 0.1) is 5.82 Å². The molecule has 1 aromatic heterocycles. The molecular weight excluding hydrogens is 431 g/mol. The zero-order valence-electron chi connectivity index (χ0n) is 16.3. The standard InChI is InChI=1S/C20H22ClFN4O3S/c21-18-13-15(22)3-5-17(18)20(27)25-11-9-24(10-12-25)19-6-4-16(14-23-19)30(28,29)26-7-1-2-8-26/h3-6,13-14H,1-2,7-12H2. The number of hydrogen-bond acceptors (Lipinski definition) is 5. The normalized spacial score (nSPS) is 18.1. The third-order valence-corrected chi connectivity index (χ3v) is 7.67. The summed E-state index contributed by atoms with van der Waals surface area (Å²) in [5.74, 6) is -0.0513. The van der Waals surface area contributed by atoms with Crippen LogP contribution in [-0.2, 0) is 10.0 Å². The highest BCUT2D eigenvalue weighted by atomic mass is 35.5. The van der Waals surface area contributed by atoms with Crippen molar-refractivity contribution in [2.45, 2.75) is 17.7 Å². The Bertz CT molecular complexity index is 1030. The lowest BCUT2D eigenvalue weighted by molar-refractivity contribution is 0.0746. The predicted molar refractivity (Wildman–Crippen MR) is 112 cm³/mol. The number of anilines is 1. The smallest absolute Gasteiger partial charge is 0.255 e. The van der Waals surface area contributed by atoms with Crippen molar-refractivity contribution in [1.82, 2.24) is 14.2 Å². The summed E-state index contributed by atoms with van der Waals surface area (Å²) in [6.07, 6.45) is 3.17. The van der Waals surface area contributed by atoms with Crippen LogP contribution in [0.5, 0.6) is 0 Å². The van der Waals surface area contributed by atoms with Crippen LogP contribution >= 0.6 is 11.6 Å². The number of amides is 1. The van der Waals surface area contributed by atoms with Crippen LogP contribution in [0.2, 0.25) is 5.02 Å². The summed E-state index contributed by atoms with van der Waals surface area (Å²) < 4.78 is 39.9. The van der Waals surface area contributed by atoms with E-state index in [0.717, 1.165) is 18.9 Å². The van der Waals surface area contributed by atoms with Gasteiger partial charge in [-0.05, 0) is 43.2 Å². The SMILES string of the molecule is O=C(c1ccc(F)cc1Cl)N1CCN(c2ccc(S(=O)(=O)N3CCCC3)cn2)CC1. The van der Waals surface area contributed by atoms with Gasteiger partial charge in [-0.2, -0.15) is 4.31 Å². The van der Waals surface area contributed by atoms with Crippen molar-refractivity contribution < 1.29 is 17.6 Å². The van der Waals surface area contributed by atoms with Crippen LogP contribution in [0.4, 0.5) is 10.2 Å². The van der Waals surface area contributed by atoms with Crippen LogP contribution in [-0.4, -0.2) is 67.8 Å². The molecule has 0 atom stereocenters. The fourth-order valence-electron chi connectivity index (χ4n) is 3.76. The van der Waals surface area contributed by atoms with Crippen molar-refractivity contribution in [2.75, 3.05) is 44.2 Å². The fraction of sp³-hybridized carbons (Fsp3) is 0.400. The summed E-state index contributed by atoms with van der Waals surface area (Å²) in [4.78, 5) is 20.9. The van der Waals surface area contributed by atoms with Gasteiger partial charge in [0.15, 0.2) is 0 Å². The van der Waals surface area contributed by atoms with E-state index < -0.39 is 15.8 Å². The Kier molecular flexibility index (Phi) is 5.95. The maximum atomic E-state index is 13.2. The number of piperazine rings is 1. The Morgan fingerprint density at radius 1 is 1.00 bits per heavy atom. The van der Waals surface area contributed by atoms with E-state index in [1.807, 2.05) is 4.90 Å². The highest BCUT2D eigenvalue weighted by Crippen LogP contribution is 2.23. The molecule has 0 unspecified atom stereocenters. The van der Waals surface area contributed by atoms with Gasteiger partial charge in [-0.3, -0.25) is 4.79 Å². The van der Waals surface area contributed by atoms with Gasteiger partial charge in [0.2, 0.25) is 10.0 Å². The zero-order chi connectivity index (χ0) is 21.3. The van der Waals surface area contributed by atoms with Gasteiger partial charge in [0.05, 0.1) is 10.6 Å². The molecule has 160 valence electrons. The second-order valence-corrected chi connectivity index (χ2v) is 9.71. The molecule has 1 aromatic carbocycles. The topological polar surface area (TPSA) is 73.8 Å². The molecule has 0 bridgehead atoms. The Hall–Kier alpha value is -2.23. The lowest BCUT2D eigenvalue weighted by Gasteiger charge is -2.35. The maximum absolute atomic E-state index is 13.2. The number of nitrogens with zero attached hydrogens (tertiary/aromatic N) is 4. The highest BCUT2D eigenvalue weighted by molar-refractivity contribution is 7.89.